The van der Waals surface area contributed by atoms with Crippen LogP contribution < -0.4 is 4.74 Å². The second-order valence-corrected chi connectivity index (χ2v) is 5.59. The molecule has 0 unspecified atom stereocenters. The van der Waals surface area contributed by atoms with Gasteiger partial charge in [0.05, 0.1) is 17.7 Å². The molecule has 2 aromatic carbocycles. The number of carbonyl (C=O) groups excluding carboxylic acids is 1. The van der Waals surface area contributed by atoms with E-state index >= 15 is 0 Å². The highest BCUT2D eigenvalue weighted by Crippen LogP contribution is 2.25. The monoisotopic (exact) mass is 370 g/mol. The Balaban J connectivity index is 1.60. The van der Waals surface area contributed by atoms with Gasteiger partial charge in [-0.15, -0.1) is 0 Å². The van der Waals surface area contributed by atoms with E-state index in [0.717, 1.165) is 5.56 Å². The highest BCUT2D eigenvalue weighted by atomic mass is 35.5. The number of aromatic nitrogens is 2. The molecule has 0 radical (unpaired) electrons. The molecule has 1 aromatic heterocycles. The fraction of sp³-hybridized carbons (Fsp3) is 0.105. The molecule has 0 aliphatic rings. The van der Waals surface area contributed by atoms with Crippen molar-refractivity contribution in [2.24, 2.45) is 0 Å². The highest BCUT2D eigenvalue weighted by molar-refractivity contribution is 6.33. The van der Waals surface area contributed by atoms with Crippen molar-refractivity contribution in [1.29, 1.82) is 0 Å². The van der Waals surface area contributed by atoms with Crippen molar-refractivity contribution >= 4 is 23.6 Å². The number of benzene rings is 2. The molecule has 0 fully saturated rings. The largest absolute Gasteiger partial charge is 0.496 e. The molecule has 0 saturated carbocycles. The van der Waals surface area contributed by atoms with Crippen molar-refractivity contribution < 1.29 is 18.8 Å². The van der Waals surface area contributed by atoms with E-state index in [9.17, 15) is 4.79 Å². The topological polar surface area (TPSA) is 74.5 Å². The van der Waals surface area contributed by atoms with Crippen molar-refractivity contribution in [3.8, 4) is 17.2 Å². The molecule has 3 rings (SSSR count). The number of rotatable bonds is 6. The molecule has 0 amide bonds. The van der Waals surface area contributed by atoms with Crippen LogP contribution in [0.5, 0.6) is 5.75 Å². The van der Waals surface area contributed by atoms with Crippen molar-refractivity contribution in [1.82, 2.24) is 10.1 Å². The molecule has 7 heteroatoms. The molecule has 0 aliphatic carbocycles. The van der Waals surface area contributed by atoms with Gasteiger partial charge in [0.25, 0.3) is 5.89 Å². The van der Waals surface area contributed by atoms with Gasteiger partial charge >= 0.3 is 5.97 Å². The number of para-hydroxylation sites is 1. The SMILES string of the molecule is COc1ccccc1/C=C/C(=O)OCc1noc(-c2ccccc2Cl)n1. The van der Waals surface area contributed by atoms with Crippen LogP contribution in [0.25, 0.3) is 17.5 Å². The zero-order valence-electron chi connectivity index (χ0n) is 13.9. The summed E-state index contributed by atoms with van der Waals surface area (Å²) < 4.78 is 15.5. The first kappa shape index (κ1) is 17.7. The van der Waals surface area contributed by atoms with Crippen LogP contribution >= 0.6 is 11.6 Å². The minimum absolute atomic E-state index is 0.108. The van der Waals surface area contributed by atoms with Gasteiger partial charge < -0.3 is 14.0 Å². The minimum Gasteiger partial charge on any atom is -0.496 e. The maximum absolute atomic E-state index is 11.9. The van der Waals surface area contributed by atoms with Crippen LogP contribution in [0.2, 0.25) is 5.02 Å². The maximum atomic E-state index is 11.9. The van der Waals surface area contributed by atoms with Gasteiger partial charge in [-0.05, 0) is 24.3 Å². The first-order valence-corrected chi connectivity index (χ1v) is 8.10. The van der Waals surface area contributed by atoms with E-state index < -0.39 is 5.97 Å². The Hall–Kier alpha value is -3.12. The number of nitrogens with zero attached hydrogens (tertiary/aromatic N) is 2. The molecule has 0 N–H and O–H groups in total. The molecule has 132 valence electrons. The zero-order valence-corrected chi connectivity index (χ0v) is 14.6. The average Bonchev–Trinajstić information content (AvgIpc) is 3.14. The lowest BCUT2D eigenvalue weighted by molar-refractivity contribution is -0.139. The Morgan fingerprint density at radius 1 is 1.19 bits per heavy atom. The van der Waals surface area contributed by atoms with E-state index in [1.54, 1.807) is 37.5 Å². The van der Waals surface area contributed by atoms with E-state index in [4.69, 9.17) is 25.6 Å². The van der Waals surface area contributed by atoms with E-state index in [2.05, 4.69) is 10.1 Å². The van der Waals surface area contributed by atoms with Gasteiger partial charge in [-0.3, -0.25) is 0 Å². The summed E-state index contributed by atoms with van der Waals surface area (Å²) in [5, 5.41) is 4.28. The van der Waals surface area contributed by atoms with Crippen molar-refractivity contribution in [2.45, 2.75) is 6.61 Å². The lowest BCUT2D eigenvalue weighted by Gasteiger charge is -2.03. The standard InChI is InChI=1S/C19H15ClN2O4/c1-24-16-9-5-2-6-13(16)10-11-18(23)25-12-17-21-19(26-22-17)14-7-3-4-8-15(14)20/h2-11H,12H2,1H3/b11-10+. The smallest absolute Gasteiger partial charge is 0.331 e. The summed E-state index contributed by atoms with van der Waals surface area (Å²) in [4.78, 5) is 16.0. The van der Waals surface area contributed by atoms with Crippen LogP contribution in [0, 0.1) is 0 Å². The molecule has 6 nitrogen and oxygen atoms in total. The maximum Gasteiger partial charge on any atom is 0.331 e. The molecule has 3 aromatic rings. The number of hydrogen-bond acceptors (Lipinski definition) is 6. The van der Waals surface area contributed by atoms with Gasteiger partial charge in [0.2, 0.25) is 5.82 Å². The Morgan fingerprint density at radius 2 is 1.96 bits per heavy atom. The van der Waals surface area contributed by atoms with Crippen molar-refractivity contribution in [2.75, 3.05) is 7.11 Å². The predicted octanol–water partition coefficient (Wildman–Crippen LogP) is 4.16. The number of hydrogen-bond donors (Lipinski definition) is 0. The summed E-state index contributed by atoms with van der Waals surface area (Å²) in [6.45, 7) is -0.108. The van der Waals surface area contributed by atoms with Gasteiger partial charge in [-0.1, -0.05) is 47.1 Å². The fourth-order valence-corrected chi connectivity index (χ4v) is 2.42. The average molecular weight is 371 g/mol. The van der Waals surface area contributed by atoms with Gasteiger partial charge in [0.1, 0.15) is 5.75 Å². The third-order valence-electron chi connectivity index (χ3n) is 3.45. The molecule has 0 spiro atoms. The molecular formula is C19H15ClN2O4. The molecule has 1 heterocycles. The summed E-state index contributed by atoms with van der Waals surface area (Å²) in [6, 6.07) is 14.4. The van der Waals surface area contributed by atoms with Crippen LogP contribution in [0.1, 0.15) is 11.4 Å². The Labute approximate surface area is 155 Å². The summed E-state index contributed by atoms with van der Waals surface area (Å²) in [5.41, 5.74) is 1.39. The molecule has 0 aliphatic heterocycles. The normalized spacial score (nSPS) is 10.8. The summed E-state index contributed by atoms with van der Waals surface area (Å²) >= 11 is 6.09. The number of halogens is 1. The summed E-state index contributed by atoms with van der Waals surface area (Å²) in [7, 11) is 1.57. The zero-order chi connectivity index (χ0) is 18.4. The van der Waals surface area contributed by atoms with Gasteiger partial charge in [0.15, 0.2) is 6.61 Å². The molecule has 0 atom stereocenters. The number of esters is 1. The first-order valence-electron chi connectivity index (χ1n) is 7.72. The van der Waals surface area contributed by atoms with E-state index in [1.165, 1.54) is 6.08 Å². The third kappa shape index (κ3) is 4.29. The Morgan fingerprint density at radius 3 is 2.77 bits per heavy atom. The van der Waals surface area contributed by atoms with E-state index in [0.29, 0.717) is 16.3 Å². The Kier molecular flexibility index (Phi) is 5.66. The Bertz CT molecular complexity index is 937. The van der Waals surface area contributed by atoms with Crippen molar-refractivity contribution in [3.05, 3.63) is 71.0 Å². The molecular weight excluding hydrogens is 356 g/mol. The van der Waals surface area contributed by atoms with E-state index in [1.807, 2.05) is 24.3 Å². The molecule has 26 heavy (non-hydrogen) atoms. The molecule has 0 bridgehead atoms. The summed E-state index contributed by atoms with van der Waals surface area (Å²) in [6.07, 6.45) is 2.93. The van der Waals surface area contributed by atoms with E-state index in [-0.39, 0.29) is 18.3 Å². The number of carbonyl (C=O) groups is 1. The lowest BCUT2D eigenvalue weighted by atomic mass is 10.2. The second kappa shape index (κ2) is 8.31. The third-order valence-corrected chi connectivity index (χ3v) is 3.78. The van der Waals surface area contributed by atoms with Crippen LogP contribution in [-0.2, 0) is 16.1 Å². The second-order valence-electron chi connectivity index (χ2n) is 5.18. The van der Waals surface area contributed by atoms with Crippen LogP contribution in [0.4, 0.5) is 0 Å². The van der Waals surface area contributed by atoms with Crippen LogP contribution in [0.15, 0.2) is 59.1 Å². The lowest BCUT2D eigenvalue weighted by Crippen LogP contribution is -2.02. The number of ether oxygens (including phenoxy) is 2. The molecule has 0 saturated heterocycles. The first-order chi connectivity index (χ1) is 12.7. The minimum atomic E-state index is -0.528. The van der Waals surface area contributed by atoms with Crippen molar-refractivity contribution in [3.63, 3.8) is 0 Å². The quantitative estimate of drug-likeness (QED) is 0.479. The predicted molar refractivity (Wildman–Crippen MR) is 96.6 cm³/mol. The van der Waals surface area contributed by atoms with Gasteiger partial charge in [0, 0.05) is 11.6 Å². The van der Waals surface area contributed by atoms with Crippen LogP contribution in [-0.4, -0.2) is 23.2 Å². The van der Waals surface area contributed by atoms with Gasteiger partial charge in [-0.2, -0.15) is 4.98 Å². The summed E-state index contributed by atoms with van der Waals surface area (Å²) in [5.74, 6) is 0.657. The highest BCUT2D eigenvalue weighted by Gasteiger charge is 2.12. The van der Waals surface area contributed by atoms with Crippen LogP contribution in [0.3, 0.4) is 0 Å². The number of methoxy groups -OCH3 is 1. The fourth-order valence-electron chi connectivity index (χ4n) is 2.20. The van der Waals surface area contributed by atoms with Gasteiger partial charge in [-0.25, -0.2) is 4.79 Å².